The number of hydrogen-bond acceptors (Lipinski definition) is 4. The van der Waals surface area contributed by atoms with Crippen molar-refractivity contribution in [1.29, 1.82) is 0 Å². The molecule has 3 rings (SSSR count). The Kier molecular flexibility index (Phi) is 3.81. The number of hydrogen-bond donors (Lipinski definition) is 2. The van der Waals surface area contributed by atoms with E-state index in [1.165, 1.54) is 25.3 Å². The summed E-state index contributed by atoms with van der Waals surface area (Å²) >= 11 is 0. The molecule has 1 atom stereocenters. The lowest BCUT2D eigenvalue weighted by atomic mass is 9.88. The molecule has 0 bridgehead atoms. The molecule has 1 amide bonds. The van der Waals surface area contributed by atoms with Crippen molar-refractivity contribution in [2.75, 3.05) is 12.4 Å². The van der Waals surface area contributed by atoms with Gasteiger partial charge in [0.25, 0.3) is 5.91 Å². The molecular weight excluding hydrogens is 320 g/mol. The van der Waals surface area contributed by atoms with E-state index in [0.29, 0.717) is 0 Å². The maximum Gasteiger partial charge on any atom is 0.261 e. The number of fused-ring (bicyclic) bond motifs is 1. The molecular formula is C17H13F2NO4. The number of ether oxygens (including phenoxy) is 1. The van der Waals surface area contributed by atoms with Crippen LogP contribution < -0.4 is 10.1 Å². The number of rotatable bonds is 4. The van der Waals surface area contributed by atoms with E-state index in [-0.39, 0.29) is 22.6 Å². The van der Waals surface area contributed by atoms with Crippen molar-refractivity contribution in [2.45, 2.75) is 12.0 Å². The molecule has 0 fully saturated rings. The van der Waals surface area contributed by atoms with Gasteiger partial charge in [-0.25, -0.2) is 8.78 Å². The fourth-order valence-corrected chi connectivity index (χ4v) is 2.67. The van der Waals surface area contributed by atoms with Gasteiger partial charge in [-0.1, -0.05) is 0 Å². The smallest absolute Gasteiger partial charge is 0.261 e. The standard InChI is InChI=1S/C17H13F2NO4/c1-24-10-3-4-11(13(19)7-10)15(21)8-17(23)12-6-9(18)2-5-14(12)20-16(17)22/h2-7,23H,8H2,1H3,(H,20,22)/t17-/m1/s1. The minimum atomic E-state index is -2.25. The highest BCUT2D eigenvalue weighted by atomic mass is 19.1. The summed E-state index contributed by atoms with van der Waals surface area (Å²) in [6.45, 7) is 0. The molecule has 0 saturated heterocycles. The number of ketones is 1. The van der Waals surface area contributed by atoms with Crippen LogP contribution in [0.1, 0.15) is 22.3 Å². The zero-order valence-corrected chi connectivity index (χ0v) is 12.6. The molecule has 0 radical (unpaired) electrons. The number of amides is 1. The predicted molar refractivity (Wildman–Crippen MR) is 80.8 cm³/mol. The zero-order valence-electron chi connectivity index (χ0n) is 12.6. The van der Waals surface area contributed by atoms with Crippen LogP contribution in [0.15, 0.2) is 36.4 Å². The summed E-state index contributed by atoms with van der Waals surface area (Å²) in [6, 6.07) is 7.02. The van der Waals surface area contributed by atoms with E-state index in [0.717, 1.165) is 18.2 Å². The van der Waals surface area contributed by atoms with Crippen molar-refractivity contribution in [3.8, 4) is 5.75 Å². The SMILES string of the molecule is COc1ccc(C(=O)C[C@]2(O)C(=O)Nc3ccc(F)cc32)c(F)c1. The van der Waals surface area contributed by atoms with Crippen molar-refractivity contribution < 1.29 is 28.2 Å². The number of anilines is 1. The van der Waals surface area contributed by atoms with Crippen LogP contribution >= 0.6 is 0 Å². The number of benzene rings is 2. The summed E-state index contributed by atoms with van der Waals surface area (Å²) in [5.74, 6) is -2.91. The first-order valence-corrected chi connectivity index (χ1v) is 7.06. The summed E-state index contributed by atoms with van der Waals surface area (Å²) < 4.78 is 32.3. The fraction of sp³-hybridized carbons (Fsp3) is 0.176. The number of carbonyl (C=O) groups excluding carboxylic acids is 2. The first-order valence-electron chi connectivity index (χ1n) is 7.06. The van der Waals surface area contributed by atoms with E-state index in [1.807, 2.05) is 0 Å². The molecule has 1 aliphatic heterocycles. The molecule has 0 spiro atoms. The third kappa shape index (κ3) is 2.52. The Morgan fingerprint density at radius 1 is 1.25 bits per heavy atom. The van der Waals surface area contributed by atoms with Gasteiger partial charge in [0.1, 0.15) is 17.4 Å². The van der Waals surface area contributed by atoms with E-state index in [9.17, 15) is 23.5 Å². The van der Waals surface area contributed by atoms with Crippen LogP contribution in [-0.4, -0.2) is 23.9 Å². The van der Waals surface area contributed by atoms with Crippen molar-refractivity contribution >= 4 is 17.4 Å². The lowest BCUT2D eigenvalue weighted by Crippen LogP contribution is -2.36. The Bertz CT molecular complexity index is 852. The van der Waals surface area contributed by atoms with E-state index < -0.39 is 35.3 Å². The number of nitrogens with one attached hydrogen (secondary N) is 1. The Morgan fingerprint density at radius 2 is 2.00 bits per heavy atom. The van der Waals surface area contributed by atoms with Gasteiger partial charge in [0.05, 0.1) is 19.1 Å². The second kappa shape index (κ2) is 5.68. The minimum Gasteiger partial charge on any atom is -0.497 e. The molecule has 7 heteroatoms. The van der Waals surface area contributed by atoms with Crippen LogP contribution in [0.25, 0.3) is 0 Å². The van der Waals surface area contributed by atoms with Gasteiger partial charge in [0, 0.05) is 17.3 Å². The maximum atomic E-state index is 14.0. The molecule has 0 unspecified atom stereocenters. The van der Waals surface area contributed by atoms with E-state index >= 15 is 0 Å². The van der Waals surface area contributed by atoms with Crippen molar-refractivity contribution in [1.82, 2.24) is 0 Å². The van der Waals surface area contributed by atoms with Gasteiger partial charge in [0.15, 0.2) is 11.4 Å². The van der Waals surface area contributed by atoms with Crippen LogP contribution in [0, 0.1) is 11.6 Å². The molecule has 2 aromatic carbocycles. The van der Waals surface area contributed by atoms with Crippen molar-refractivity contribution in [2.24, 2.45) is 0 Å². The van der Waals surface area contributed by atoms with Crippen molar-refractivity contribution in [3.05, 3.63) is 59.2 Å². The van der Waals surface area contributed by atoms with Crippen molar-refractivity contribution in [3.63, 3.8) is 0 Å². The third-order valence-electron chi connectivity index (χ3n) is 3.94. The molecule has 0 aliphatic carbocycles. The number of carbonyl (C=O) groups is 2. The molecule has 0 aromatic heterocycles. The average Bonchev–Trinajstić information content (AvgIpc) is 2.78. The highest BCUT2D eigenvalue weighted by molar-refractivity contribution is 6.09. The number of halogens is 2. The highest BCUT2D eigenvalue weighted by Crippen LogP contribution is 2.39. The fourth-order valence-electron chi connectivity index (χ4n) is 2.67. The van der Waals surface area contributed by atoms with Gasteiger partial charge in [-0.15, -0.1) is 0 Å². The van der Waals surface area contributed by atoms with Crippen LogP contribution in [0.3, 0.4) is 0 Å². The van der Waals surface area contributed by atoms with Crippen LogP contribution in [-0.2, 0) is 10.4 Å². The Balaban J connectivity index is 1.95. The molecule has 0 saturated carbocycles. The van der Waals surface area contributed by atoms with Gasteiger partial charge in [-0.05, 0) is 30.3 Å². The third-order valence-corrected chi connectivity index (χ3v) is 3.94. The lowest BCUT2D eigenvalue weighted by molar-refractivity contribution is -0.133. The molecule has 2 N–H and O–H groups in total. The second-order valence-corrected chi connectivity index (χ2v) is 5.45. The monoisotopic (exact) mass is 333 g/mol. The molecule has 1 heterocycles. The summed E-state index contributed by atoms with van der Waals surface area (Å²) in [6.07, 6.45) is -0.710. The predicted octanol–water partition coefficient (Wildman–Crippen LogP) is 2.39. The quantitative estimate of drug-likeness (QED) is 0.843. The van der Waals surface area contributed by atoms with Crippen LogP contribution in [0.5, 0.6) is 5.75 Å². The molecule has 2 aromatic rings. The number of Topliss-reactive ketones (excluding diaryl/α,β-unsaturated/α-hetero) is 1. The molecule has 24 heavy (non-hydrogen) atoms. The Hall–Kier alpha value is -2.80. The highest BCUT2D eigenvalue weighted by Gasteiger charge is 2.47. The topological polar surface area (TPSA) is 75.6 Å². The minimum absolute atomic E-state index is 0.0465. The first kappa shape index (κ1) is 16.1. The van der Waals surface area contributed by atoms with Gasteiger partial charge in [-0.3, -0.25) is 9.59 Å². The van der Waals surface area contributed by atoms with E-state index in [1.54, 1.807) is 0 Å². The molecule has 124 valence electrons. The second-order valence-electron chi connectivity index (χ2n) is 5.45. The van der Waals surface area contributed by atoms with Gasteiger partial charge >= 0.3 is 0 Å². The summed E-state index contributed by atoms with van der Waals surface area (Å²) in [5, 5.41) is 13.0. The zero-order chi connectivity index (χ0) is 17.5. The Morgan fingerprint density at radius 3 is 2.67 bits per heavy atom. The molecule has 5 nitrogen and oxygen atoms in total. The first-order chi connectivity index (χ1) is 11.3. The maximum absolute atomic E-state index is 14.0. The lowest BCUT2D eigenvalue weighted by Gasteiger charge is -2.20. The van der Waals surface area contributed by atoms with Gasteiger partial charge < -0.3 is 15.2 Å². The van der Waals surface area contributed by atoms with E-state index in [4.69, 9.17) is 4.74 Å². The summed E-state index contributed by atoms with van der Waals surface area (Å²) in [7, 11) is 1.35. The van der Waals surface area contributed by atoms with Gasteiger partial charge in [0.2, 0.25) is 0 Å². The summed E-state index contributed by atoms with van der Waals surface area (Å²) in [5.41, 5.74) is -2.37. The van der Waals surface area contributed by atoms with E-state index in [2.05, 4.69) is 5.32 Å². The molecule has 1 aliphatic rings. The van der Waals surface area contributed by atoms with Crippen LogP contribution in [0.4, 0.5) is 14.5 Å². The number of aliphatic hydroxyl groups is 1. The normalized spacial score (nSPS) is 18.9. The number of methoxy groups -OCH3 is 1. The van der Waals surface area contributed by atoms with Gasteiger partial charge in [-0.2, -0.15) is 0 Å². The Labute approximate surface area is 135 Å². The average molecular weight is 333 g/mol. The van der Waals surface area contributed by atoms with Crippen LogP contribution in [0.2, 0.25) is 0 Å². The summed E-state index contributed by atoms with van der Waals surface area (Å²) in [4.78, 5) is 24.4. The largest absolute Gasteiger partial charge is 0.497 e.